The zero-order chi connectivity index (χ0) is 19.5. The number of oxazole rings is 1. The third-order valence-electron chi connectivity index (χ3n) is 4.54. The van der Waals surface area contributed by atoms with Crippen molar-refractivity contribution in [1.82, 2.24) is 19.5 Å². The van der Waals surface area contributed by atoms with Gasteiger partial charge in [-0.25, -0.2) is 0 Å². The van der Waals surface area contributed by atoms with Crippen LogP contribution in [0.1, 0.15) is 27.4 Å². The van der Waals surface area contributed by atoms with E-state index >= 15 is 0 Å². The molecule has 28 heavy (non-hydrogen) atoms. The second-order valence-electron chi connectivity index (χ2n) is 6.51. The summed E-state index contributed by atoms with van der Waals surface area (Å²) >= 11 is 0. The van der Waals surface area contributed by atoms with Gasteiger partial charge in [0, 0.05) is 20.0 Å². The summed E-state index contributed by atoms with van der Waals surface area (Å²) in [6.07, 6.45) is 1.94. The number of carbonyl (C=O) groups excluding carboxylic acids is 1. The van der Waals surface area contributed by atoms with Crippen LogP contribution in [-0.2, 0) is 13.0 Å². The lowest BCUT2D eigenvalue weighted by atomic mass is 10.1. The zero-order valence-corrected chi connectivity index (χ0v) is 15.7. The number of aromatic nitrogens is 3. The van der Waals surface area contributed by atoms with Gasteiger partial charge in [0.2, 0.25) is 5.76 Å². The summed E-state index contributed by atoms with van der Waals surface area (Å²) in [5, 5.41) is 4.21. The molecule has 0 bridgehead atoms. The van der Waals surface area contributed by atoms with E-state index in [-0.39, 0.29) is 11.7 Å². The van der Waals surface area contributed by atoms with Gasteiger partial charge in [-0.1, -0.05) is 42.5 Å². The molecule has 0 aliphatic rings. The van der Waals surface area contributed by atoms with E-state index in [9.17, 15) is 4.79 Å². The van der Waals surface area contributed by atoms with Crippen LogP contribution in [-0.4, -0.2) is 39.6 Å². The molecule has 2 aromatic carbocycles. The first-order chi connectivity index (χ1) is 13.7. The Bertz CT molecular complexity index is 1100. The van der Waals surface area contributed by atoms with Crippen LogP contribution >= 0.6 is 0 Å². The van der Waals surface area contributed by atoms with Gasteiger partial charge in [-0.2, -0.15) is 14.6 Å². The summed E-state index contributed by atoms with van der Waals surface area (Å²) in [6, 6.07) is 17.5. The molecule has 0 aliphatic carbocycles. The first-order valence-corrected chi connectivity index (χ1v) is 8.89. The Hall–Kier alpha value is -3.61. The van der Waals surface area contributed by atoms with Gasteiger partial charge < -0.3 is 14.1 Å². The predicted octanol–water partition coefficient (Wildman–Crippen LogP) is 3.19. The molecule has 0 unspecified atom stereocenters. The van der Waals surface area contributed by atoms with Gasteiger partial charge in [0.15, 0.2) is 0 Å². The Kier molecular flexibility index (Phi) is 4.80. The molecule has 2 aromatic heterocycles. The van der Waals surface area contributed by atoms with Crippen LogP contribution in [0.3, 0.4) is 0 Å². The lowest BCUT2D eigenvalue weighted by Gasteiger charge is -2.17. The summed E-state index contributed by atoms with van der Waals surface area (Å²) in [5.74, 6) is 1.10. The number of methoxy groups -OCH3 is 1. The third kappa shape index (κ3) is 3.46. The molecule has 7 heteroatoms. The molecule has 0 fully saturated rings. The van der Waals surface area contributed by atoms with Gasteiger partial charge >= 0.3 is 5.84 Å². The molecular formula is C21H20N4O3. The molecule has 0 saturated carbocycles. The Morgan fingerprint density at radius 3 is 2.71 bits per heavy atom. The van der Waals surface area contributed by atoms with Crippen LogP contribution in [0.5, 0.6) is 5.75 Å². The summed E-state index contributed by atoms with van der Waals surface area (Å²) in [5.41, 5.74) is 2.71. The van der Waals surface area contributed by atoms with Crippen LogP contribution in [0.15, 0.2) is 65.3 Å². The van der Waals surface area contributed by atoms with Crippen molar-refractivity contribution >= 4 is 11.8 Å². The predicted molar refractivity (Wildman–Crippen MR) is 103 cm³/mol. The molecule has 4 rings (SSSR count). The lowest BCUT2D eigenvalue weighted by Crippen LogP contribution is -2.27. The van der Waals surface area contributed by atoms with Crippen molar-refractivity contribution in [2.24, 2.45) is 0 Å². The molecule has 7 nitrogen and oxygen atoms in total. The molecule has 0 aliphatic heterocycles. The number of fused-ring (bicyclic) bond motifs is 1. The number of hydrogen-bond donors (Lipinski definition) is 0. The molecular weight excluding hydrogens is 356 g/mol. The van der Waals surface area contributed by atoms with Crippen LogP contribution in [0.2, 0.25) is 0 Å². The number of ether oxygens (including phenoxy) is 1. The number of benzene rings is 2. The summed E-state index contributed by atoms with van der Waals surface area (Å²) in [6.45, 7) is 0.428. The Labute approximate surface area is 162 Å². The molecule has 0 spiro atoms. The van der Waals surface area contributed by atoms with E-state index in [2.05, 4.69) is 10.1 Å². The first kappa shape index (κ1) is 17.8. The van der Waals surface area contributed by atoms with Crippen LogP contribution in [0.25, 0.3) is 5.84 Å². The number of nitrogens with zero attached hydrogens (tertiary/aromatic N) is 4. The fourth-order valence-electron chi connectivity index (χ4n) is 3.13. The fraction of sp³-hybridized carbons (Fsp3) is 0.190. The van der Waals surface area contributed by atoms with Crippen molar-refractivity contribution in [3.63, 3.8) is 0 Å². The highest BCUT2D eigenvalue weighted by molar-refractivity contribution is 5.93. The van der Waals surface area contributed by atoms with Crippen LogP contribution in [0, 0.1) is 0 Å². The van der Waals surface area contributed by atoms with Crippen molar-refractivity contribution in [2.45, 2.75) is 13.0 Å². The van der Waals surface area contributed by atoms with Crippen molar-refractivity contribution < 1.29 is 13.9 Å². The fourth-order valence-corrected chi connectivity index (χ4v) is 3.13. The van der Waals surface area contributed by atoms with Crippen molar-refractivity contribution in [3.8, 4) is 5.75 Å². The molecule has 4 aromatic rings. The number of rotatable bonds is 6. The molecule has 0 atom stereocenters. The maximum Gasteiger partial charge on any atom is 0.325 e. The minimum atomic E-state index is -0.221. The van der Waals surface area contributed by atoms with Gasteiger partial charge in [-0.15, -0.1) is 0 Å². The molecule has 0 N–H and O–H groups in total. The zero-order valence-electron chi connectivity index (χ0n) is 15.7. The largest absolute Gasteiger partial charge is 0.497 e. The number of amides is 1. The Morgan fingerprint density at radius 2 is 1.93 bits per heavy atom. The molecule has 0 radical (unpaired) electrons. The maximum absolute atomic E-state index is 13.1. The van der Waals surface area contributed by atoms with E-state index < -0.39 is 0 Å². The van der Waals surface area contributed by atoms with Crippen LogP contribution in [0.4, 0.5) is 0 Å². The molecule has 2 heterocycles. The maximum atomic E-state index is 13.1. The topological polar surface area (TPSA) is 72.9 Å². The van der Waals surface area contributed by atoms with Gasteiger partial charge in [-0.3, -0.25) is 4.79 Å². The Balaban J connectivity index is 1.63. The van der Waals surface area contributed by atoms with E-state index in [0.717, 1.165) is 16.9 Å². The highest BCUT2D eigenvalue weighted by Crippen LogP contribution is 2.21. The second-order valence-corrected chi connectivity index (χ2v) is 6.51. The van der Waals surface area contributed by atoms with Crippen molar-refractivity contribution in [3.05, 3.63) is 83.5 Å². The minimum absolute atomic E-state index is 0.221. The monoisotopic (exact) mass is 376 g/mol. The van der Waals surface area contributed by atoms with Gasteiger partial charge in [0.05, 0.1) is 7.11 Å². The van der Waals surface area contributed by atoms with Crippen LogP contribution < -0.4 is 4.74 Å². The Morgan fingerprint density at radius 1 is 1.14 bits per heavy atom. The van der Waals surface area contributed by atoms with Gasteiger partial charge in [-0.05, 0) is 23.3 Å². The summed E-state index contributed by atoms with van der Waals surface area (Å²) in [7, 11) is 3.36. The van der Waals surface area contributed by atoms with Gasteiger partial charge in [0.25, 0.3) is 5.91 Å². The smallest absolute Gasteiger partial charge is 0.325 e. The van der Waals surface area contributed by atoms with Crippen molar-refractivity contribution in [1.29, 1.82) is 0 Å². The SMILES string of the molecule is COc1cccc(CN(C)C(=O)c2oc3ncnn3c2Cc2ccccc2)c1. The quantitative estimate of drug-likeness (QED) is 0.517. The summed E-state index contributed by atoms with van der Waals surface area (Å²) in [4.78, 5) is 18.8. The first-order valence-electron chi connectivity index (χ1n) is 8.89. The van der Waals surface area contributed by atoms with E-state index in [4.69, 9.17) is 9.15 Å². The van der Waals surface area contributed by atoms with Crippen molar-refractivity contribution in [2.75, 3.05) is 14.2 Å². The van der Waals surface area contributed by atoms with Gasteiger partial charge in [0.1, 0.15) is 17.8 Å². The number of hydrogen-bond acceptors (Lipinski definition) is 5. The van der Waals surface area contributed by atoms with E-state index in [0.29, 0.717) is 24.5 Å². The molecule has 142 valence electrons. The third-order valence-corrected chi connectivity index (χ3v) is 4.54. The molecule has 0 saturated heterocycles. The minimum Gasteiger partial charge on any atom is -0.497 e. The number of carbonyl (C=O) groups is 1. The molecule has 1 amide bonds. The second kappa shape index (κ2) is 7.56. The lowest BCUT2D eigenvalue weighted by molar-refractivity contribution is 0.0754. The highest BCUT2D eigenvalue weighted by Gasteiger charge is 2.25. The average molecular weight is 376 g/mol. The summed E-state index contributed by atoms with van der Waals surface area (Å²) < 4.78 is 12.6. The van der Waals surface area contributed by atoms with E-state index in [1.807, 2.05) is 54.6 Å². The van der Waals surface area contributed by atoms with E-state index in [1.165, 1.54) is 6.33 Å². The average Bonchev–Trinajstić information content (AvgIpc) is 3.31. The standard InChI is InChI=1S/C21H20N4O3/c1-24(13-16-9-6-10-17(11-16)27-2)20(26)19-18(12-15-7-4-3-5-8-15)25-21(28-19)22-14-23-25/h3-11,14H,12-13H2,1-2H3. The highest BCUT2D eigenvalue weighted by atomic mass is 16.5. The van der Waals surface area contributed by atoms with E-state index in [1.54, 1.807) is 23.6 Å². The normalized spacial score (nSPS) is 10.9.